The Morgan fingerprint density at radius 3 is 3.05 bits per heavy atom. The maximum Gasteiger partial charge on any atom is 0.254 e. The second-order valence-corrected chi connectivity index (χ2v) is 5.51. The number of likely N-dealkylation sites (tertiary alicyclic amines) is 1. The van der Waals surface area contributed by atoms with Crippen LogP contribution in [0.25, 0.3) is 0 Å². The number of carbonyl (C=O) groups is 1. The molecule has 0 saturated carbocycles. The van der Waals surface area contributed by atoms with Gasteiger partial charge in [0.2, 0.25) is 0 Å². The van der Waals surface area contributed by atoms with Gasteiger partial charge in [-0.05, 0) is 43.9 Å². The van der Waals surface area contributed by atoms with Gasteiger partial charge < -0.3 is 14.7 Å². The average Bonchev–Trinajstić information content (AvgIpc) is 2.86. The van der Waals surface area contributed by atoms with Crippen molar-refractivity contribution in [2.24, 2.45) is 0 Å². The highest BCUT2D eigenvalue weighted by molar-refractivity contribution is 5.94. The number of benzene rings is 1. The van der Waals surface area contributed by atoms with Crippen LogP contribution in [0.5, 0.6) is 0 Å². The van der Waals surface area contributed by atoms with Gasteiger partial charge in [0, 0.05) is 25.3 Å². The van der Waals surface area contributed by atoms with Crippen molar-refractivity contribution in [1.29, 1.82) is 0 Å². The fourth-order valence-corrected chi connectivity index (χ4v) is 2.87. The lowest BCUT2D eigenvalue weighted by molar-refractivity contribution is 0.0681. The Kier molecular flexibility index (Phi) is 5.15. The van der Waals surface area contributed by atoms with Crippen LogP contribution in [0.1, 0.15) is 42.1 Å². The Morgan fingerprint density at radius 1 is 1.55 bits per heavy atom. The molecule has 0 aliphatic carbocycles. The molecule has 20 heavy (non-hydrogen) atoms. The van der Waals surface area contributed by atoms with Gasteiger partial charge in [0.1, 0.15) is 0 Å². The minimum absolute atomic E-state index is 0.0612. The number of amides is 1. The predicted molar refractivity (Wildman–Crippen MR) is 77.5 cm³/mol. The number of methoxy groups -OCH3 is 1. The van der Waals surface area contributed by atoms with E-state index in [1.54, 1.807) is 14.0 Å². The molecular formula is C16H23NO3. The first-order chi connectivity index (χ1) is 9.61. The maximum absolute atomic E-state index is 12.6. The quantitative estimate of drug-likeness (QED) is 0.897. The molecule has 1 N–H and O–H groups in total. The third-order valence-corrected chi connectivity index (χ3v) is 3.74. The molecule has 1 aliphatic heterocycles. The zero-order valence-electron chi connectivity index (χ0n) is 12.2. The Bertz CT molecular complexity index is 459. The van der Waals surface area contributed by atoms with Crippen LogP contribution in [-0.4, -0.2) is 41.7 Å². The van der Waals surface area contributed by atoms with Crippen LogP contribution in [0.4, 0.5) is 0 Å². The van der Waals surface area contributed by atoms with Gasteiger partial charge in [-0.15, -0.1) is 0 Å². The lowest BCUT2D eigenvalue weighted by Crippen LogP contribution is -2.37. The van der Waals surface area contributed by atoms with Crippen LogP contribution in [0.3, 0.4) is 0 Å². The fraction of sp³-hybridized carbons (Fsp3) is 0.562. The predicted octanol–water partition coefficient (Wildman–Crippen LogP) is 2.21. The van der Waals surface area contributed by atoms with E-state index in [0.29, 0.717) is 18.6 Å². The van der Waals surface area contributed by atoms with E-state index in [2.05, 4.69) is 0 Å². The molecule has 0 unspecified atom stereocenters. The van der Waals surface area contributed by atoms with Crippen molar-refractivity contribution in [2.75, 3.05) is 13.7 Å². The number of nitrogens with zero attached hydrogens (tertiary/aromatic N) is 1. The summed E-state index contributed by atoms with van der Waals surface area (Å²) in [6.07, 6.45) is 2.28. The second kappa shape index (κ2) is 6.86. The van der Waals surface area contributed by atoms with Gasteiger partial charge in [-0.2, -0.15) is 0 Å². The fourth-order valence-electron chi connectivity index (χ4n) is 2.87. The van der Waals surface area contributed by atoms with Crippen LogP contribution in [0.2, 0.25) is 0 Å². The first kappa shape index (κ1) is 15.0. The third-order valence-electron chi connectivity index (χ3n) is 3.74. The van der Waals surface area contributed by atoms with Crippen molar-refractivity contribution in [3.63, 3.8) is 0 Å². The van der Waals surface area contributed by atoms with Crippen molar-refractivity contribution in [1.82, 2.24) is 4.90 Å². The van der Waals surface area contributed by atoms with E-state index in [9.17, 15) is 9.90 Å². The largest absolute Gasteiger partial charge is 0.393 e. The molecule has 1 aromatic carbocycles. The van der Waals surface area contributed by atoms with E-state index in [-0.39, 0.29) is 18.1 Å². The molecule has 4 nitrogen and oxygen atoms in total. The van der Waals surface area contributed by atoms with Crippen LogP contribution in [-0.2, 0) is 11.3 Å². The normalized spacial score (nSPS) is 20.1. The molecule has 1 heterocycles. The molecular weight excluding hydrogens is 254 g/mol. The summed E-state index contributed by atoms with van der Waals surface area (Å²) < 4.78 is 5.10. The molecule has 1 aliphatic rings. The van der Waals surface area contributed by atoms with Crippen molar-refractivity contribution < 1.29 is 14.6 Å². The number of aliphatic hydroxyl groups is 1. The Labute approximate surface area is 120 Å². The van der Waals surface area contributed by atoms with Gasteiger partial charge in [0.15, 0.2) is 0 Å². The molecule has 1 fully saturated rings. The van der Waals surface area contributed by atoms with Crippen molar-refractivity contribution >= 4 is 5.91 Å². The number of rotatable bonds is 5. The SMILES string of the molecule is COCc1cccc(C(=O)N2CCC[C@H]2C[C@@H](C)O)c1. The zero-order valence-corrected chi connectivity index (χ0v) is 12.2. The molecule has 110 valence electrons. The summed E-state index contributed by atoms with van der Waals surface area (Å²) in [6.45, 7) is 3.07. The summed E-state index contributed by atoms with van der Waals surface area (Å²) in [5.74, 6) is 0.0612. The minimum Gasteiger partial charge on any atom is -0.393 e. The number of hydrogen-bond donors (Lipinski definition) is 1. The Hall–Kier alpha value is -1.39. The van der Waals surface area contributed by atoms with Gasteiger partial charge in [-0.3, -0.25) is 4.79 Å². The van der Waals surface area contributed by atoms with E-state index in [4.69, 9.17) is 4.74 Å². The Balaban J connectivity index is 2.11. The lowest BCUT2D eigenvalue weighted by atomic mass is 10.1. The number of aliphatic hydroxyl groups excluding tert-OH is 1. The summed E-state index contributed by atoms with van der Waals surface area (Å²) in [5.41, 5.74) is 1.71. The summed E-state index contributed by atoms with van der Waals surface area (Å²) >= 11 is 0. The molecule has 0 bridgehead atoms. The first-order valence-corrected chi connectivity index (χ1v) is 7.18. The highest BCUT2D eigenvalue weighted by Gasteiger charge is 2.30. The minimum atomic E-state index is -0.367. The molecule has 0 aromatic heterocycles. The average molecular weight is 277 g/mol. The number of ether oxygens (including phenoxy) is 1. The molecule has 1 aromatic rings. The molecule has 1 amide bonds. The van der Waals surface area contributed by atoms with Gasteiger partial charge in [0.05, 0.1) is 12.7 Å². The Morgan fingerprint density at radius 2 is 2.35 bits per heavy atom. The van der Waals surface area contributed by atoms with E-state index in [0.717, 1.165) is 24.9 Å². The van der Waals surface area contributed by atoms with Crippen LogP contribution < -0.4 is 0 Å². The smallest absolute Gasteiger partial charge is 0.254 e. The van der Waals surface area contributed by atoms with Gasteiger partial charge in [-0.1, -0.05) is 12.1 Å². The van der Waals surface area contributed by atoms with Gasteiger partial charge >= 0.3 is 0 Å². The molecule has 2 atom stereocenters. The molecule has 2 rings (SSSR count). The maximum atomic E-state index is 12.6. The highest BCUT2D eigenvalue weighted by Crippen LogP contribution is 2.24. The van der Waals surface area contributed by atoms with Crippen LogP contribution >= 0.6 is 0 Å². The number of carbonyl (C=O) groups excluding carboxylic acids is 1. The summed E-state index contributed by atoms with van der Waals surface area (Å²) in [4.78, 5) is 14.5. The van der Waals surface area contributed by atoms with E-state index >= 15 is 0 Å². The monoisotopic (exact) mass is 277 g/mol. The van der Waals surface area contributed by atoms with E-state index in [1.807, 2.05) is 29.2 Å². The van der Waals surface area contributed by atoms with Crippen molar-refractivity contribution in [3.05, 3.63) is 35.4 Å². The van der Waals surface area contributed by atoms with Crippen LogP contribution in [0, 0.1) is 0 Å². The van der Waals surface area contributed by atoms with Gasteiger partial charge in [0.25, 0.3) is 5.91 Å². The highest BCUT2D eigenvalue weighted by atomic mass is 16.5. The summed E-state index contributed by atoms with van der Waals surface area (Å²) in [7, 11) is 1.65. The first-order valence-electron chi connectivity index (χ1n) is 7.18. The molecule has 0 spiro atoms. The van der Waals surface area contributed by atoms with Gasteiger partial charge in [-0.25, -0.2) is 0 Å². The number of hydrogen-bond acceptors (Lipinski definition) is 3. The topological polar surface area (TPSA) is 49.8 Å². The van der Waals surface area contributed by atoms with Crippen molar-refractivity contribution in [2.45, 2.75) is 44.9 Å². The van der Waals surface area contributed by atoms with E-state index < -0.39 is 0 Å². The second-order valence-electron chi connectivity index (χ2n) is 5.51. The summed E-state index contributed by atoms with van der Waals surface area (Å²) in [5, 5.41) is 9.54. The summed E-state index contributed by atoms with van der Waals surface area (Å²) in [6, 6.07) is 7.75. The third kappa shape index (κ3) is 3.58. The van der Waals surface area contributed by atoms with E-state index in [1.165, 1.54) is 0 Å². The standard InChI is InChI=1S/C16H23NO3/c1-12(18)9-15-7-4-8-17(15)16(19)14-6-3-5-13(10-14)11-20-2/h3,5-6,10,12,15,18H,4,7-9,11H2,1-2H3/t12-,15+/m1/s1. The molecule has 0 radical (unpaired) electrons. The molecule has 4 heteroatoms. The van der Waals surface area contributed by atoms with Crippen molar-refractivity contribution in [3.8, 4) is 0 Å². The molecule has 1 saturated heterocycles. The van der Waals surface area contributed by atoms with Crippen LogP contribution in [0.15, 0.2) is 24.3 Å². The lowest BCUT2D eigenvalue weighted by Gasteiger charge is -2.26. The zero-order chi connectivity index (χ0) is 14.5.